The van der Waals surface area contributed by atoms with E-state index in [4.69, 9.17) is 10.5 Å². The second-order valence-electron chi connectivity index (χ2n) is 4.91. The Morgan fingerprint density at radius 2 is 2.35 bits per heavy atom. The fourth-order valence-electron chi connectivity index (χ4n) is 2.49. The van der Waals surface area contributed by atoms with Crippen LogP contribution in [0.2, 0.25) is 0 Å². The van der Waals surface area contributed by atoms with E-state index in [1.807, 2.05) is 6.20 Å². The van der Waals surface area contributed by atoms with Gasteiger partial charge in [-0.1, -0.05) is 0 Å². The molecule has 5 heteroatoms. The lowest BCUT2D eigenvalue weighted by molar-refractivity contribution is 0.404. The van der Waals surface area contributed by atoms with Crippen LogP contribution in [0.15, 0.2) is 12.3 Å². The molecule has 17 heavy (non-hydrogen) atoms. The number of aromatic nitrogens is 1. The summed E-state index contributed by atoms with van der Waals surface area (Å²) in [5, 5.41) is 3.59. The van der Waals surface area contributed by atoms with Crippen molar-refractivity contribution >= 4 is 11.5 Å². The highest BCUT2D eigenvalue weighted by atomic mass is 16.5. The van der Waals surface area contributed by atoms with E-state index in [0.717, 1.165) is 31.1 Å². The number of hydrogen-bond acceptors (Lipinski definition) is 5. The van der Waals surface area contributed by atoms with E-state index in [1.165, 1.54) is 12.8 Å². The number of methoxy groups -OCH3 is 1. The maximum atomic E-state index is 5.68. The first-order valence-electron chi connectivity index (χ1n) is 6.02. The van der Waals surface area contributed by atoms with Gasteiger partial charge in [-0.25, -0.2) is 4.98 Å². The molecule has 0 amide bonds. The fraction of sp³-hybridized carbons (Fsp3) is 0.583. The van der Waals surface area contributed by atoms with Crippen LogP contribution in [0.1, 0.15) is 12.8 Å². The van der Waals surface area contributed by atoms with Crippen LogP contribution in [0.5, 0.6) is 5.75 Å². The highest BCUT2D eigenvalue weighted by Gasteiger charge is 2.45. The zero-order chi connectivity index (χ0) is 11.9. The van der Waals surface area contributed by atoms with Crippen LogP contribution < -0.4 is 20.7 Å². The number of rotatable bonds is 2. The third-order valence-corrected chi connectivity index (χ3v) is 3.66. The van der Waals surface area contributed by atoms with Gasteiger partial charge in [0.25, 0.3) is 0 Å². The van der Waals surface area contributed by atoms with Crippen LogP contribution in [0, 0.1) is 0 Å². The van der Waals surface area contributed by atoms with Gasteiger partial charge in [-0.2, -0.15) is 0 Å². The van der Waals surface area contributed by atoms with Gasteiger partial charge in [0, 0.05) is 31.2 Å². The number of ether oxygens (including phenoxy) is 1. The summed E-state index contributed by atoms with van der Waals surface area (Å²) in [4.78, 5) is 6.51. The Morgan fingerprint density at radius 3 is 3.06 bits per heavy atom. The largest absolute Gasteiger partial charge is 0.494 e. The van der Waals surface area contributed by atoms with E-state index in [0.29, 0.717) is 11.4 Å². The van der Waals surface area contributed by atoms with Crippen molar-refractivity contribution in [2.24, 2.45) is 0 Å². The lowest BCUT2D eigenvalue weighted by Crippen LogP contribution is -2.52. The Balaban J connectivity index is 1.87. The predicted octanol–water partition coefficient (Wildman–Crippen LogP) is 0.615. The molecule has 5 nitrogen and oxygen atoms in total. The molecule has 1 aliphatic carbocycles. The Morgan fingerprint density at radius 1 is 1.53 bits per heavy atom. The van der Waals surface area contributed by atoms with E-state index in [-0.39, 0.29) is 0 Å². The molecule has 3 N–H and O–H groups in total. The number of nitrogens with one attached hydrogen (secondary N) is 1. The summed E-state index contributed by atoms with van der Waals surface area (Å²) >= 11 is 0. The summed E-state index contributed by atoms with van der Waals surface area (Å²) in [7, 11) is 1.67. The topological polar surface area (TPSA) is 63.4 Å². The number of hydrogen-bond donors (Lipinski definition) is 2. The third kappa shape index (κ3) is 1.91. The molecule has 0 radical (unpaired) electrons. The number of nitrogens with two attached hydrogens (primary N) is 1. The van der Waals surface area contributed by atoms with Gasteiger partial charge in [-0.3, -0.25) is 0 Å². The minimum Gasteiger partial charge on any atom is -0.494 e. The standard InChI is InChI=1S/C12H18N4O/c1-17-10-6-11(13)14-7-9(10)16-5-4-15-12(8-16)2-3-12/h6-7,15H,2-5,8H2,1H3,(H2,13,14). The van der Waals surface area contributed by atoms with Gasteiger partial charge in [0.1, 0.15) is 11.6 Å². The zero-order valence-electron chi connectivity index (χ0n) is 10.1. The lowest BCUT2D eigenvalue weighted by Gasteiger charge is -2.36. The molecule has 1 aromatic heterocycles. The van der Waals surface area contributed by atoms with Crippen molar-refractivity contribution < 1.29 is 4.74 Å². The van der Waals surface area contributed by atoms with Crippen LogP contribution in [0.4, 0.5) is 11.5 Å². The van der Waals surface area contributed by atoms with Gasteiger partial charge < -0.3 is 20.7 Å². The molecule has 0 aromatic carbocycles. The van der Waals surface area contributed by atoms with Gasteiger partial charge in [-0.05, 0) is 12.8 Å². The second kappa shape index (κ2) is 3.77. The van der Waals surface area contributed by atoms with Crippen molar-refractivity contribution in [3.05, 3.63) is 12.3 Å². The summed E-state index contributed by atoms with van der Waals surface area (Å²) in [6.45, 7) is 3.05. The van der Waals surface area contributed by atoms with Crippen molar-refractivity contribution in [3.8, 4) is 5.75 Å². The minimum absolute atomic E-state index is 0.352. The molecule has 0 bridgehead atoms. The summed E-state index contributed by atoms with van der Waals surface area (Å²) in [6, 6.07) is 1.79. The van der Waals surface area contributed by atoms with Gasteiger partial charge in [0.2, 0.25) is 0 Å². The number of nitrogen functional groups attached to an aromatic ring is 1. The van der Waals surface area contributed by atoms with E-state index in [1.54, 1.807) is 13.2 Å². The van der Waals surface area contributed by atoms with Crippen LogP contribution in [0.25, 0.3) is 0 Å². The molecule has 3 rings (SSSR count). The molecule has 2 fully saturated rings. The molecule has 2 heterocycles. The zero-order valence-corrected chi connectivity index (χ0v) is 10.1. The summed E-state index contributed by atoms with van der Waals surface area (Å²) in [5.74, 6) is 1.32. The Labute approximate surface area is 101 Å². The number of nitrogens with zero attached hydrogens (tertiary/aromatic N) is 2. The first-order chi connectivity index (χ1) is 8.22. The first kappa shape index (κ1) is 10.7. The average molecular weight is 234 g/mol. The van der Waals surface area contributed by atoms with Crippen molar-refractivity contribution in [1.82, 2.24) is 10.3 Å². The van der Waals surface area contributed by atoms with Crippen LogP contribution in [-0.4, -0.2) is 37.3 Å². The first-order valence-corrected chi connectivity index (χ1v) is 6.02. The summed E-state index contributed by atoms with van der Waals surface area (Å²) in [6.07, 6.45) is 4.36. The average Bonchev–Trinajstić information content (AvgIpc) is 3.08. The third-order valence-electron chi connectivity index (χ3n) is 3.66. The van der Waals surface area contributed by atoms with E-state index < -0.39 is 0 Å². The molecule has 0 atom stereocenters. The van der Waals surface area contributed by atoms with Gasteiger partial charge in [0.05, 0.1) is 19.0 Å². The molecule has 1 saturated heterocycles. The van der Waals surface area contributed by atoms with Crippen LogP contribution >= 0.6 is 0 Å². The number of anilines is 2. The maximum absolute atomic E-state index is 5.68. The molecule has 1 saturated carbocycles. The Kier molecular flexibility index (Phi) is 2.36. The summed E-state index contributed by atoms with van der Waals surface area (Å²) in [5.41, 5.74) is 7.08. The molecule has 2 aliphatic rings. The Hall–Kier alpha value is -1.49. The minimum atomic E-state index is 0.352. The molecule has 1 aromatic rings. The summed E-state index contributed by atoms with van der Waals surface area (Å²) < 4.78 is 5.39. The monoisotopic (exact) mass is 234 g/mol. The predicted molar refractivity (Wildman–Crippen MR) is 67.4 cm³/mol. The van der Waals surface area contributed by atoms with Crippen LogP contribution in [-0.2, 0) is 0 Å². The van der Waals surface area contributed by atoms with Gasteiger partial charge in [-0.15, -0.1) is 0 Å². The smallest absolute Gasteiger partial charge is 0.147 e. The van der Waals surface area contributed by atoms with Gasteiger partial charge in [0.15, 0.2) is 0 Å². The van der Waals surface area contributed by atoms with Crippen LogP contribution in [0.3, 0.4) is 0 Å². The SMILES string of the molecule is COc1cc(N)ncc1N1CCNC2(CC2)C1. The quantitative estimate of drug-likeness (QED) is 0.785. The number of pyridine rings is 1. The molecule has 0 unspecified atom stereocenters. The maximum Gasteiger partial charge on any atom is 0.147 e. The van der Waals surface area contributed by atoms with E-state index in [9.17, 15) is 0 Å². The van der Waals surface area contributed by atoms with Crippen molar-refractivity contribution in [2.75, 3.05) is 37.4 Å². The molecule has 1 spiro atoms. The van der Waals surface area contributed by atoms with Gasteiger partial charge >= 0.3 is 0 Å². The van der Waals surface area contributed by atoms with E-state index in [2.05, 4.69) is 15.2 Å². The highest BCUT2D eigenvalue weighted by molar-refractivity contribution is 5.61. The molecule has 1 aliphatic heterocycles. The van der Waals surface area contributed by atoms with Crippen molar-refractivity contribution in [1.29, 1.82) is 0 Å². The second-order valence-corrected chi connectivity index (χ2v) is 4.91. The highest BCUT2D eigenvalue weighted by Crippen LogP contribution is 2.40. The Bertz CT molecular complexity index is 431. The normalized spacial score (nSPS) is 21.6. The van der Waals surface area contributed by atoms with Crippen molar-refractivity contribution in [3.63, 3.8) is 0 Å². The molecular formula is C12H18N4O. The molecular weight excluding hydrogens is 216 g/mol. The van der Waals surface area contributed by atoms with E-state index >= 15 is 0 Å². The fourth-order valence-corrected chi connectivity index (χ4v) is 2.49. The van der Waals surface area contributed by atoms with Crippen molar-refractivity contribution in [2.45, 2.75) is 18.4 Å². The molecule has 92 valence electrons. The number of piperazine rings is 1. The lowest BCUT2D eigenvalue weighted by atomic mass is 10.1.